The van der Waals surface area contributed by atoms with Crippen molar-refractivity contribution >= 4 is 16.0 Å². The van der Waals surface area contributed by atoms with E-state index in [0.717, 1.165) is 11.1 Å². The number of nitrogens with zero attached hydrogens (tertiary/aromatic N) is 1. The quantitative estimate of drug-likeness (QED) is 0.735. The molecule has 0 amide bonds. The van der Waals surface area contributed by atoms with Crippen LogP contribution in [0, 0.1) is 6.92 Å². The highest BCUT2D eigenvalue weighted by Gasteiger charge is 2.41. The van der Waals surface area contributed by atoms with E-state index in [1.54, 1.807) is 50.4 Å². The van der Waals surface area contributed by atoms with E-state index in [4.69, 9.17) is 9.47 Å². The van der Waals surface area contributed by atoms with E-state index in [2.05, 4.69) is 0 Å². The van der Waals surface area contributed by atoms with Gasteiger partial charge in [-0.3, -0.25) is 0 Å². The summed E-state index contributed by atoms with van der Waals surface area (Å²) in [4.78, 5) is 12.9. The number of hydrogen-bond acceptors (Lipinski definition) is 5. The van der Waals surface area contributed by atoms with E-state index in [-0.39, 0.29) is 18.0 Å². The zero-order valence-electron chi connectivity index (χ0n) is 15.6. The number of hydrogen-bond donors (Lipinski definition) is 0. The van der Waals surface area contributed by atoms with Crippen LogP contribution in [0.25, 0.3) is 0 Å². The average Bonchev–Trinajstić information content (AvgIpc) is 2.67. The number of rotatable bonds is 5. The standard InChI is InChI=1S/C20H23NO5S/c1-4-26-20(22)19-18-10-7-16(25-3)13-15(18)11-12-21(19)27(23,24)17-8-5-14(2)6-9-17/h5-10,13,19H,4,11-12H2,1-3H3. The summed E-state index contributed by atoms with van der Waals surface area (Å²) in [6.45, 7) is 3.97. The number of methoxy groups -OCH3 is 1. The van der Waals surface area contributed by atoms with Crippen molar-refractivity contribution < 1.29 is 22.7 Å². The van der Waals surface area contributed by atoms with Gasteiger partial charge in [-0.1, -0.05) is 23.8 Å². The zero-order chi connectivity index (χ0) is 19.6. The van der Waals surface area contributed by atoms with Crippen molar-refractivity contribution in [2.45, 2.75) is 31.2 Å². The summed E-state index contributed by atoms with van der Waals surface area (Å²) in [7, 11) is -2.28. The number of carbonyl (C=O) groups is 1. The largest absolute Gasteiger partial charge is 0.497 e. The number of sulfonamides is 1. The van der Waals surface area contributed by atoms with E-state index in [9.17, 15) is 13.2 Å². The molecule has 0 spiro atoms. The molecule has 0 aromatic heterocycles. The SMILES string of the molecule is CCOC(=O)C1c2ccc(OC)cc2CCN1S(=O)(=O)c1ccc(C)cc1. The molecule has 0 bridgehead atoms. The van der Waals surface area contributed by atoms with Crippen LogP contribution in [0.1, 0.15) is 29.7 Å². The Morgan fingerprint density at radius 3 is 2.52 bits per heavy atom. The Morgan fingerprint density at radius 2 is 1.89 bits per heavy atom. The van der Waals surface area contributed by atoms with E-state index in [1.165, 1.54) is 4.31 Å². The van der Waals surface area contributed by atoms with Crippen LogP contribution >= 0.6 is 0 Å². The first-order chi connectivity index (χ1) is 12.9. The summed E-state index contributed by atoms with van der Waals surface area (Å²) < 4.78 is 38.2. The molecule has 144 valence electrons. The molecular weight excluding hydrogens is 366 g/mol. The second-order valence-corrected chi connectivity index (χ2v) is 8.29. The molecule has 2 aromatic rings. The smallest absolute Gasteiger partial charge is 0.329 e. The summed E-state index contributed by atoms with van der Waals surface area (Å²) >= 11 is 0. The Hall–Kier alpha value is -2.38. The first-order valence-electron chi connectivity index (χ1n) is 8.80. The molecule has 1 unspecified atom stereocenters. The molecule has 0 N–H and O–H groups in total. The first-order valence-corrected chi connectivity index (χ1v) is 10.2. The van der Waals surface area contributed by atoms with Crippen LogP contribution in [-0.2, 0) is 26.0 Å². The molecule has 2 aromatic carbocycles. The number of benzene rings is 2. The highest BCUT2D eigenvalue weighted by molar-refractivity contribution is 7.89. The average molecular weight is 389 g/mol. The third-order valence-electron chi connectivity index (χ3n) is 4.67. The van der Waals surface area contributed by atoms with Gasteiger partial charge < -0.3 is 9.47 Å². The summed E-state index contributed by atoms with van der Waals surface area (Å²) in [5.74, 6) is 0.102. The number of ether oxygens (including phenoxy) is 2. The maximum Gasteiger partial charge on any atom is 0.329 e. The Morgan fingerprint density at radius 1 is 1.19 bits per heavy atom. The lowest BCUT2D eigenvalue weighted by Gasteiger charge is -2.34. The molecule has 27 heavy (non-hydrogen) atoms. The number of fused-ring (bicyclic) bond motifs is 1. The molecule has 7 heteroatoms. The molecule has 0 radical (unpaired) electrons. The van der Waals surface area contributed by atoms with Crippen molar-refractivity contribution in [1.82, 2.24) is 4.31 Å². The summed E-state index contributed by atoms with van der Waals surface area (Å²) in [5.41, 5.74) is 2.49. The first kappa shape index (κ1) is 19.4. The van der Waals surface area contributed by atoms with Crippen molar-refractivity contribution in [3.8, 4) is 5.75 Å². The van der Waals surface area contributed by atoms with E-state index < -0.39 is 22.0 Å². The van der Waals surface area contributed by atoms with Gasteiger partial charge in [-0.25, -0.2) is 13.2 Å². The van der Waals surface area contributed by atoms with E-state index in [0.29, 0.717) is 17.7 Å². The van der Waals surface area contributed by atoms with Gasteiger partial charge in [0.25, 0.3) is 0 Å². The lowest BCUT2D eigenvalue weighted by Crippen LogP contribution is -2.44. The van der Waals surface area contributed by atoms with Crippen molar-refractivity contribution in [2.24, 2.45) is 0 Å². The summed E-state index contributed by atoms with van der Waals surface area (Å²) in [5, 5.41) is 0. The monoisotopic (exact) mass is 389 g/mol. The summed E-state index contributed by atoms with van der Waals surface area (Å²) in [6, 6.07) is 10.9. The Bertz CT molecular complexity index is 937. The van der Waals surface area contributed by atoms with Crippen LogP contribution in [0.4, 0.5) is 0 Å². The van der Waals surface area contributed by atoms with Crippen LogP contribution in [-0.4, -0.2) is 39.0 Å². The normalized spacial score (nSPS) is 17.2. The van der Waals surface area contributed by atoms with E-state index in [1.807, 2.05) is 13.0 Å². The molecule has 6 nitrogen and oxygen atoms in total. The minimum Gasteiger partial charge on any atom is -0.497 e. The Labute approximate surface area is 159 Å². The molecule has 0 aliphatic carbocycles. The molecule has 0 fully saturated rings. The molecule has 0 saturated carbocycles. The van der Waals surface area contributed by atoms with Gasteiger partial charge in [-0.2, -0.15) is 4.31 Å². The Kier molecular flexibility index (Phi) is 5.53. The van der Waals surface area contributed by atoms with Crippen LogP contribution in [0.2, 0.25) is 0 Å². The molecule has 1 heterocycles. The predicted molar refractivity (Wildman–Crippen MR) is 101 cm³/mol. The molecule has 1 aliphatic rings. The van der Waals surface area contributed by atoms with Crippen LogP contribution < -0.4 is 4.74 Å². The fraction of sp³-hybridized carbons (Fsp3) is 0.350. The minimum absolute atomic E-state index is 0.166. The van der Waals surface area contributed by atoms with Gasteiger partial charge in [0.2, 0.25) is 10.0 Å². The van der Waals surface area contributed by atoms with Crippen LogP contribution in [0.15, 0.2) is 47.4 Å². The maximum absolute atomic E-state index is 13.2. The summed E-state index contributed by atoms with van der Waals surface area (Å²) in [6.07, 6.45) is 0.494. The number of aryl methyl sites for hydroxylation is 1. The van der Waals surface area contributed by atoms with Crippen molar-refractivity contribution in [1.29, 1.82) is 0 Å². The molecule has 1 aliphatic heterocycles. The molecular formula is C20H23NO5S. The van der Waals surface area contributed by atoms with Crippen molar-refractivity contribution in [3.05, 3.63) is 59.2 Å². The topological polar surface area (TPSA) is 72.9 Å². The predicted octanol–water partition coefficient (Wildman–Crippen LogP) is 2.85. The number of carbonyl (C=O) groups excluding carboxylic acids is 1. The Balaban J connectivity index is 2.08. The lowest BCUT2D eigenvalue weighted by atomic mass is 9.94. The highest BCUT2D eigenvalue weighted by atomic mass is 32.2. The highest BCUT2D eigenvalue weighted by Crippen LogP contribution is 2.36. The van der Waals surface area contributed by atoms with Crippen molar-refractivity contribution in [3.63, 3.8) is 0 Å². The maximum atomic E-state index is 13.2. The van der Waals surface area contributed by atoms with Gasteiger partial charge >= 0.3 is 5.97 Å². The second-order valence-electron chi connectivity index (χ2n) is 6.40. The third kappa shape index (κ3) is 3.70. The molecule has 1 atom stereocenters. The zero-order valence-corrected chi connectivity index (χ0v) is 16.5. The number of esters is 1. The molecule has 3 rings (SSSR count). The van der Waals surface area contributed by atoms with Gasteiger partial charge in [-0.05, 0) is 55.7 Å². The van der Waals surface area contributed by atoms with Gasteiger partial charge in [0.05, 0.1) is 18.6 Å². The molecule has 0 saturated heterocycles. The minimum atomic E-state index is -3.85. The fourth-order valence-corrected chi connectivity index (χ4v) is 4.84. The van der Waals surface area contributed by atoms with Gasteiger partial charge in [0.15, 0.2) is 0 Å². The van der Waals surface area contributed by atoms with Crippen molar-refractivity contribution in [2.75, 3.05) is 20.3 Å². The van der Waals surface area contributed by atoms with Crippen LogP contribution in [0.3, 0.4) is 0 Å². The van der Waals surface area contributed by atoms with Gasteiger partial charge in [0, 0.05) is 6.54 Å². The fourth-order valence-electron chi connectivity index (χ4n) is 3.28. The van der Waals surface area contributed by atoms with E-state index >= 15 is 0 Å². The second kappa shape index (κ2) is 7.70. The lowest BCUT2D eigenvalue weighted by molar-refractivity contribution is -0.148. The van der Waals surface area contributed by atoms with Crippen LogP contribution in [0.5, 0.6) is 5.75 Å². The van der Waals surface area contributed by atoms with Gasteiger partial charge in [0.1, 0.15) is 11.8 Å². The third-order valence-corrected chi connectivity index (χ3v) is 6.55. The van der Waals surface area contributed by atoms with Gasteiger partial charge in [-0.15, -0.1) is 0 Å².